The van der Waals surface area contributed by atoms with Crippen LogP contribution in [0.15, 0.2) is 47.3 Å². The predicted octanol–water partition coefficient (Wildman–Crippen LogP) is 4.85. The highest BCUT2D eigenvalue weighted by Crippen LogP contribution is 2.39. The number of sulfonamides is 1. The lowest BCUT2D eigenvalue weighted by Crippen LogP contribution is -2.52. The molecule has 0 unspecified atom stereocenters. The van der Waals surface area contributed by atoms with Crippen LogP contribution in [0.25, 0.3) is 11.0 Å². The number of anilines is 6. The maximum absolute atomic E-state index is 12.6. The molecule has 2 fully saturated rings. The van der Waals surface area contributed by atoms with Crippen molar-refractivity contribution in [2.75, 3.05) is 86.6 Å². The summed E-state index contributed by atoms with van der Waals surface area (Å²) in [6.45, 7) is 8.80. The molecule has 0 radical (unpaired) electrons. The van der Waals surface area contributed by atoms with Crippen LogP contribution >= 0.6 is 15.9 Å². The zero-order chi connectivity index (χ0) is 34.0. The minimum absolute atomic E-state index is 0.348. The van der Waals surface area contributed by atoms with E-state index >= 15 is 0 Å². The largest absolute Gasteiger partial charge is 0.494 e. The highest BCUT2D eigenvalue weighted by Gasteiger charge is 2.28. The molecule has 6 rings (SSSR count). The van der Waals surface area contributed by atoms with E-state index in [1.165, 1.54) is 28.8 Å². The van der Waals surface area contributed by atoms with E-state index in [-0.39, 0.29) is 0 Å². The molecule has 0 aliphatic carbocycles. The molecule has 13 nitrogen and oxygen atoms in total. The number of piperidine rings is 1. The van der Waals surface area contributed by atoms with Crippen molar-refractivity contribution in [3.63, 3.8) is 0 Å². The first kappa shape index (κ1) is 34.1. The minimum atomic E-state index is -3.61. The van der Waals surface area contributed by atoms with Gasteiger partial charge in [-0.05, 0) is 66.0 Å². The summed E-state index contributed by atoms with van der Waals surface area (Å²) in [4.78, 5) is 25.6. The van der Waals surface area contributed by atoms with Gasteiger partial charge in [-0.15, -0.1) is 0 Å². The number of nitrogens with zero attached hydrogens (tertiary/aromatic N) is 8. The number of nitrogens with one attached hydrogen (secondary N) is 2. The zero-order valence-corrected chi connectivity index (χ0v) is 30.5. The SMILES string of the molecule is CCc1cc(Nc2ncc(Br)c(Nc3ccc4nccnc4c3N(C)S(C)(=O)=O)n2)c(OC)cc1N1CCC(N2CCN(C)CC2)CC1. The van der Waals surface area contributed by atoms with E-state index in [4.69, 9.17) is 9.72 Å². The molecule has 256 valence electrons. The summed E-state index contributed by atoms with van der Waals surface area (Å²) in [5.41, 5.74) is 5.06. The normalized spacial score (nSPS) is 16.7. The molecule has 2 aromatic heterocycles. The molecule has 0 saturated carbocycles. The van der Waals surface area contributed by atoms with Crippen LogP contribution in [0.5, 0.6) is 5.75 Å². The van der Waals surface area contributed by atoms with E-state index in [9.17, 15) is 8.42 Å². The van der Waals surface area contributed by atoms with Gasteiger partial charge in [0.15, 0.2) is 0 Å². The standard InChI is InChI=1S/C33H43BrN10O3S/c1-6-22-19-27(29(47-4)20-28(22)44-13-9-23(10-14-44)43-17-15-41(2)16-18-43)39-33-37-21-24(34)32(40-33)38-26-8-7-25-30(36-12-11-35-25)31(26)42(3)48(5,45)46/h7-8,11-12,19-21,23H,6,9-10,13-18H2,1-5H3,(H2,37,38,39,40). The van der Waals surface area contributed by atoms with Gasteiger partial charge in [-0.3, -0.25) is 19.2 Å². The Morgan fingerprint density at radius 1 is 1.00 bits per heavy atom. The maximum atomic E-state index is 12.6. The first-order chi connectivity index (χ1) is 23.0. The molecule has 0 atom stereocenters. The van der Waals surface area contributed by atoms with Gasteiger partial charge >= 0.3 is 0 Å². The molecule has 2 aliphatic rings. The van der Waals surface area contributed by atoms with Crippen molar-refractivity contribution >= 4 is 71.5 Å². The molecule has 2 aromatic carbocycles. The van der Waals surface area contributed by atoms with Gasteiger partial charge in [0.1, 0.15) is 22.8 Å². The molecule has 4 aromatic rings. The van der Waals surface area contributed by atoms with E-state index in [0.29, 0.717) is 50.4 Å². The number of likely N-dealkylation sites (N-methyl/N-ethyl adjacent to an activating group) is 1. The van der Waals surface area contributed by atoms with Crippen LogP contribution in [0.1, 0.15) is 25.3 Å². The summed E-state index contributed by atoms with van der Waals surface area (Å²) in [5, 5.41) is 6.65. The van der Waals surface area contributed by atoms with E-state index in [0.717, 1.165) is 70.5 Å². The molecular formula is C33H43BrN10O3S. The number of benzene rings is 2. The third-order valence-corrected chi connectivity index (χ3v) is 11.1. The molecule has 2 saturated heterocycles. The highest BCUT2D eigenvalue weighted by atomic mass is 79.9. The summed E-state index contributed by atoms with van der Waals surface area (Å²) in [6.07, 6.45) is 9.07. The van der Waals surface area contributed by atoms with Gasteiger partial charge in [-0.2, -0.15) is 4.98 Å². The molecule has 0 amide bonds. The topological polar surface area (TPSA) is 132 Å². The van der Waals surface area contributed by atoms with Crippen molar-refractivity contribution < 1.29 is 13.2 Å². The van der Waals surface area contributed by atoms with E-state index in [1.54, 1.807) is 31.6 Å². The second-order valence-corrected chi connectivity index (χ2v) is 15.2. The summed E-state index contributed by atoms with van der Waals surface area (Å²) < 4.78 is 32.9. The van der Waals surface area contributed by atoms with E-state index < -0.39 is 10.0 Å². The molecule has 2 N–H and O–H groups in total. The van der Waals surface area contributed by atoms with Gasteiger partial charge in [-0.1, -0.05) is 6.92 Å². The van der Waals surface area contributed by atoms with Crippen LogP contribution in [0.3, 0.4) is 0 Å². The molecule has 4 heterocycles. The van der Waals surface area contributed by atoms with Gasteiger partial charge in [-0.25, -0.2) is 13.4 Å². The second-order valence-electron chi connectivity index (χ2n) is 12.3. The summed E-state index contributed by atoms with van der Waals surface area (Å²) >= 11 is 3.55. The number of hydrogen-bond acceptors (Lipinski definition) is 12. The molecule has 0 spiro atoms. The number of methoxy groups -OCH3 is 1. The maximum Gasteiger partial charge on any atom is 0.232 e. The number of rotatable bonds is 10. The Balaban J connectivity index is 1.24. The lowest BCUT2D eigenvalue weighted by Gasteiger charge is -2.43. The quantitative estimate of drug-likeness (QED) is 0.231. The van der Waals surface area contributed by atoms with Crippen molar-refractivity contribution in [1.82, 2.24) is 29.7 Å². The number of ether oxygens (including phenoxy) is 1. The van der Waals surface area contributed by atoms with Crippen LogP contribution < -0.4 is 24.6 Å². The van der Waals surface area contributed by atoms with Gasteiger partial charge in [0.2, 0.25) is 16.0 Å². The monoisotopic (exact) mass is 738 g/mol. The molecular weight excluding hydrogens is 696 g/mol. The van der Waals surface area contributed by atoms with Crippen LogP contribution in [-0.2, 0) is 16.4 Å². The highest BCUT2D eigenvalue weighted by molar-refractivity contribution is 9.10. The molecule has 2 aliphatic heterocycles. The average molecular weight is 740 g/mol. The van der Waals surface area contributed by atoms with Gasteiger partial charge in [0.05, 0.1) is 34.7 Å². The Kier molecular flexibility index (Phi) is 10.2. The number of fused-ring (bicyclic) bond motifs is 1. The Morgan fingerprint density at radius 3 is 2.42 bits per heavy atom. The van der Waals surface area contributed by atoms with E-state index in [1.807, 2.05) is 0 Å². The lowest BCUT2D eigenvalue weighted by atomic mass is 9.99. The van der Waals surface area contributed by atoms with Crippen molar-refractivity contribution in [1.29, 1.82) is 0 Å². The number of aromatic nitrogens is 4. The van der Waals surface area contributed by atoms with Gasteiger partial charge in [0.25, 0.3) is 0 Å². The molecule has 0 bridgehead atoms. The Hall–Kier alpha value is -3.79. The van der Waals surface area contributed by atoms with Crippen LogP contribution in [-0.4, -0.2) is 111 Å². The third kappa shape index (κ3) is 7.28. The number of aryl methyl sites for hydroxylation is 1. The molecule has 48 heavy (non-hydrogen) atoms. The third-order valence-electron chi connectivity index (χ3n) is 9.31. The number of piperazine rings is 1. The summed E-state index contributed by atoms with van der Waals surface area (Å²) in [7, 11) is 1.76. The van der Waals surface area contributed by atoms with Crippen molar-refractivity contribution in [2.24, 2.45) is 0 Å². The summed E-state index contributed by atoms with van der Waals surface area (Å²) in [6, 6.07) is 8.44. The van der Waals surface area contributed by atoms with Crippen molar-refractivity contribution in [2.45, 2.75) is 32.2 Å². The zero-order valence-electron chi connectivity index (χ0n) is 28.1. The van der Waals surface area contributed by atoms with Crippen LogP contribution in [0.4, 0.5) is 34.5 Å². The predicted molar refractivity (Wildman–Crippen MR) is 196 cm³/mol. The summed E-state index contributed by atoms with van der Waals surface area (Å²) in [5.74, 6) is 1.49. The van der Waals surface area contributed by atoms with Crippen molar-refractivity contribution in [3.8, 4) is 5.75 Å². The fourth-order valence-corrected chi connectivity index (χ4v) is 7.29. The second kappa shape index (κ2) is 14.4. The molecule has 15 heteroatoms. The average Bonchev–Trinajstić information content (AvgIpc) is 3.09. The first-order valence-corrected chi connectivity index (χ1v) is 18.8. The Bertz CT molecular complexity index is 1880. The minimum Gasteiger partial charge on any atom is -0.494 e. The van der Waals surface area contributed by atoms with E-state index in [2.05, 4.69) is 82.3 Å². The lowest BCUT2D eigenvalue weighted by molar-refractivity contribution is 0.0982. The van der Waals surface area contributed by atoms with Crippen LogP contribution in [0.2, 0.25) is 0 Å². The van der Waals surface area contributed by atoms with Gasteiger partial charge < -0.3 is 25.2 Å². The Morgan fingerprint density at radius 2 is 1.73 bits per heavy atom. The fraction of sp³-hybridized carbons (Fsp3) is 0.455. The van der Waals surface area contributed by atoms with Gasteiger partial charge in [0, 0.05) is 82.7 Å². The first-order valence-electron chi connectivity index (χ1n) is 16.2. The fourth-order valence-electron chi connectivity index (χ4n) is 6.49. The van der Waals surface area contributed by atoms with Crippen molar-refractivity contribution in [3.05, 3.63) is 52.9 Å². The number of hydrogen-bond donors (Lipinski definition) is 2. The smallest absolute Gasteiger partial charge is 0.232 e. The van der Waals surface area contributed by atoms with Crippen LogP contribution in [0, 0.1) is 0 Å². The Labute approximate surface area is 290 Å². The number of halogens is 1.